The predicted molar refractivity (Wildman–Crippen MR) is 109 cm³/mol. The highest BCUT2D eigenvalue weighted by Gasteiger charge is 2.26. The van der Waals surface area contributed by atoms with Crippen LogP contribution in [0.2, 0.25) is 0 Å². The normalized spacial score (nSPS) is 16.4. The number of amides is 1. The van der Waals surface area contributed by atoms with Crippen LogP contribution in [-0.2, 0) is 17.9 Å². The Bertz CT molecular complexity index is 1070. The number of hydrogen-bond acceptors (Lipinski definition) is 4. The minimum atomic E-state index is -0.119. The van der Waals surface area contributed by atoms with Gasteiger partial charge in [-0.25, -0.2) is 0 Å². The molecule has 0 radical (unpaired) electrons. The van der Waals surface area contributed by atoms with Gasteiger partial charge in [0.05, 0.1) is 24.9 Å². The number of furan rings is 1. The molecular weight excluding hydrogens is 366 g/mol. The fourth-order valence-corrected chi connectivity index (χ4v) is 4.09. The van der Waals surface area contributed by atoms with Crippen molar-refractivity contribution in [3.8, 4) is 6.07 Å². The summed E-state index contributed by atoms with van der Waals surface area (Å²) in [6.45, 7) is 8.40. The number of anilines is 1. The second kappa shape index (κ2) is 7.64. The van der Waals surface area contributed by atoms with Gasteiger partial charge in [0.15, 0.2) is 0 Å². The van der Waals surface area contributed by atoms with E-state index in [1.807, 2.05) is 36.6 Å². The average Bonchev–Trinajstić information content (AvgIpc) is 3.42. The Kier molecular flexibility index (Phi) is 5.03. The Balaban J connectivity index is 1.55. The SMILES string of the molecule is Cc1c(C#N)c(NC(=O)CN2CCn3cccc3C2C)n(Cc2ccco2)c1C. The summed E-state index contributed by atoms with van der Waals surface area (Å²) < 4.78 is 9.64. The topological polar surface area (TPSA) is 79.1 Å². The van der Waals surface area contributed by atoms with E-state index in [-0.39, 0.29) is 18.5 Å². The first-order chi connectivity index (χ1) is 14.0. The summed E-state index contributed by atoms with van der Waals surface area (Å²) >= 11 is 0. The Morgan fingerprint density at radius 1 is 1.31 bits per heavy atom. The van der Waals surface area contributed by atoms with Gasteiger partial charge in [0.1, 0.15) is 17.6 Å². The third kappa shape index (κ3) is 3.47. The van der Waals surface area contributed by atoms with Gasteiger partial charge in [0.25, 0.3) is 0 Å². The lowest BCUT2D eigenvalue weighted by Crippen LogP contribution is -2.41. The van der Waals surface area contributed by atoms with Crippen molar-refractivity contribution in [3.05, 3.63) is 65.0 Å². The molecule has 0 bridgehead atoms. The van der Waals surface area contributed by atoms with Crippen LogP contribution in [0.3, 0.4) is 0 Å². The molecule has 0 aromatic carbocycles. The molecule has 0 saturated carbocycles. The second-order valence-corrected chi connectivity index (χ2v) is 7.53. The van der Waals surface area contributed by atoms with Gasteiger partial charge >= 0.3 is 0 Å². The van der Waals surface area contributed by atoms with Gasteiger partial charge in [-0.05, 0) is 50.6 Å². The Morgan fingerprint density at radius 3 is 2.86 bits per heavy atom. The molecule has 29 heavy (non-hydrogen) atoms. The van der Waals surface area contributed by atoms with Crippen LogP contribution in [0.4, 0.5) is 5.82 Å². The van der Waals surface area contributed by atoms with Gasteiger partial charge in [0, 0.05) is 36.7 Å². The van der Waals surface area contributed by atoms with Crippen molar-refractivity contribution in [1.29, 1.82) is 5.26 Å². The van der Waals surface area contributed by atoms with E-state index in [0.717, 1.165) is 30.1 Å². The maximum atomic E-state index is 12.9. The highest BCUT2D eigenvalue weighted by Crippen LogP contribution is 2.28. The number of nitriles is 1. The smallest absolute Gasteiger partial charge is 0.239 e. The van der Waals surface area contributed by atoms with E-state index in [1.165, 1.54) is 5.69 Å². The van der Waals surface area contributed by atoms with E-state index in [2.05, 4.69) is 40.0 Å². The molecule has 7 nitrogen and oxygen atoms in total. The van der Waals surface area contributed by atoms with Gasteiger partial charge < -0.3 is 18.9 Å². The van der Waals surface area contributed by atoms with E-state index in [9.17, 15) is 10.1 Å². The van der Waals surface area contributed by atoms with Crippen molar-refractivity contribution in [2.75, 3.05) is 18.4 Å². The molecule has 4 rings (SSSR count). The summed E-state index contributed by atoms with van der Waals surface area (Å²) in [4.78, 5) is 15.1. The molecule has 4 heterocycles. The first-order valence-corrected chi connectivity index (χ1v) is 9.80. The van der Waals surface area contributed by atoms with Crippen molar-refractivity contribution in [1.82, 2.24) is 14.0 Å². The minimum absolute atomic E-state index is 0.119. The van der Waals surface area contributed by atoms with Crippen LogP contribution in [0.5, 0.6) is 0 Å². The molecule has 0 aliphatic carbocycles. The number of aromatic nitrogens is 2. The van der Waals surface area contributed by atoms with E-state index in [1.54, 1.807) is 6.26 Å². The predicted octanol–water partition coefficient (Wildman–Crippen LogP) is 3.43. The van der Waals surface area contributed by atoms with Crippen LogP contribution in [0, 0.1) is 25.2 Å². The number of hydrogen-bond donors (Lipinski definition) is 1. The molecule has 0 saturated heterocycles. The molecule has 7 heteroatoms. The van der Waals surface area contributed by atoms with E-state index in [0.29, 0.717) is 17.9 Å². The van der Waals surface area contributed by atoms with Crippen LogP contribution >= 0.6 is 0 Å². The molecule has 3 aromatic heterocycles. The highest BCUT2D eigenvalue weighted by atomic mass is 16.3. The van der Waals surface area contributed by atoms with E-state index < -0.39 is 0 Å². The number of rotatable bonds is 5. The third-order valence-corrected chi connectivity index (χ3v) is 5.91. The standard InChI is InChI=1S/C22H25N5O2/c1-15-16(2)27(13-18-6-5-11-29-18)22(19(15)12-23)24-21(28)14-26-10-9-25-8-4-7-20(25)17(26)3/h4-8,11,17H,9-10,13-14H2,1-3H3,(H,24,28). The van der Waals surface area contributed by atoms with Crippen LogP contribution in [0.1, 0.15) is 41.2 Å². The van der Waals surface area contributed by atoms with Crippen LogP contribution in [-0.4, -0.2) is 33.0 Å². The second-order valence-electron chi connectivity index (χ2n) is 7.53. The fraction of sp³-hybridized carbons (Fsp3) is 0.364. The summed E-state index contributed by atoms with van der Waals surface area (Å²) in [6, 6.07) is 10.3. The molecule has 0 fully saturated rings. The minimum Gasteiger partial charge on any atom is -0.467 e. The first-order valence-electron chi connectivity index (χ1n) is 9.80. The fourth-order valence-electron chi connectivity index (χ4n) is 4.09. The molecule has 1 amide bonds. The number of nitrogens with zero attached hydrogens (tertiary/aromatic N) is 4. The summed E-state index contributed by atoms with van der Waals surface area (Å²) in [6.07, 6.45) is 3.70. The zero-order valence-electron chi connectivity index (χ0n) is 17.0. The molecule has 0 spiro atoms. The highest BCUT2D eigenvalue weighted by molar-refractivity contribution is 5.93. The molecule has 1 N–H and O–H groups in total. The van der Waals surface area contributed by atoms with Crippen molar-refractivity contribution >= 4 is 11.7 Å². The van der Waals surface area contributed by atoms with Crippen LogP contribution < -0.4 is 5.32 Å². The zero-order valence-corrected chi connectivity index (χ0v) is 17.0. The van der Waals surface area contributed by atoms with Gasteiger partial charge in [0.2, 0.25) is 5.91 Å². The summed E-state index contributed by atoms with van der Waals surface area (Å²) in [7, 11) is 0. The molecule has 1 unspecified atom stereocenters. The molecule has 1 aliphatic rings. The molecular formula is C22H25N5O2. The van der Waals surface area contributed by atoms with Gasteiger partial charge in [-0.3, -0.25) is 9.69 Å². The quantitative estimate of drug-likeness (QED) is 0.723. The molecule has 150 valence electrons. The molecule has 1 atom stereocenters. The summed E-state index contributed by atoms with van der Waals surface area (Å²) in [5.41, 5.74) is 3.54. The Hall–Kier alpha value is -3.24. The number of fused-ring (bicyclic) bond motifs is 1. The monoisotopic (exact) mass is 391 g/mol. The van der Waals surface area contributed by atoms with E-state index in [4.69, 9.17) is 4.42 Å². The number of carbonyl (C=O) groups excluding carboxylic acids is 1. The number of nitrogens with one attached hydrogen (secondary N) is 1. The first kappa shape index (κ1) is 19.1. The van der Waals surface area contributed by atoms with Crippen molar-refractivity contribution in [3.63, 3.8) is 0 Å². The lowest BCUT2D eigenvalue weighted by molar-refractivity contribution is -0.118. The number of carbonyl (C=O) groups is 1. The zero-order chi connectivity index (χ0) is 20.5. The van der Waals surface area contributed by atoms with Crippen molar-refractivity contribution in [2.45, 2.75) is 39.9 Å². The summed E-state index contributed by atoms with van der Waals surface area (Å²) in [5, 5.41) is 12.7. The molecule has 1 aliphatic heterocycles. The summed E-state index contributed by atoms with van der Waals surface area (Å²) in [5.74, 6) is 1.19. The largest absolute Gasteiger partial charge is 0.467 e. The van der Waals surface area contributed by atoms with Crippen molar-refractivity contribution in [2.24, 2.45) is 0 Å². The van der Waals surface area contributed by atoms with Gasteiger partial charge in [-0.2, -0.15) is 5.26 Å². The maximum Gasteiger partial charge on any atom is 0.239 e. The van der Waals surface area contributed by atoms with E-state index >= 15 is 0 Å². The van der Waals surface area contributed by atoms with Crippen LogP contribution in [0.25, 0.3) is 0 Å². The lowest BCUT2D eigenvalue weighted by atomic mass is 10.1. The molecule has 3 aromatic rings. The van der Waals surface area contributed by atoms with Gasteiger partial charge in [-0.15, -0.1) is 0 Å². The Labute approximate surface area is 170 Å². The van der Waals surface area contributed by atoms with Gasteiger partial charge in [-0.1, -0.05) is 0 Å². The average molecular weight is 391 g/mol. The van der Waals surface area contributed by atoms with Crippen LogP contribution in [0.15, 0.2) is 41.1 Å². The maximum absolute atomic E-state index is 12.9. The third-order valence-electron chi connectivity index (χ3n) is 5.91. The van der Waals surface area contributed by atoms with Crippen molar-refractivity contribution < 1.29 is 9.21 Å². The Morgan fingerprint density at radius 2 is 2.14 bits per heavy atom. The lowest BCUT2D eigenvalue weighted by Gasteiger charge is -2.34.